The molecular formula is C29H27IN2S. The van der Waals surface area contributed by atoms with Crippen molar-refractivity contribution >= 4 is 40.0 Å². The number of aromatic nitrogens is 1. The fraction of sp³-hybridized carbons (Fsp3) is 0.138. The number of nitrogens with zero attached hydrogens (tertiary/aromatic N) is 2. The van der Waals surface area contributed by atoms with Crippen molar-refractivity contribution in [3.05, 3.63) is 113 Å². The summed E-state index contributed by atoms with van der Waals surface area (Å²) >= 11 is 1.85. The third-order valence-corrected chi connectivity index (χ3v) is 7.04. The molecule has 0 amide bonds. The first-order chi connectivity index (χ1) is 15.8. The van der Waals surface area contributed by atoms with Gasteiger partial charge in [0, 0.05) is 35.0 Å². The number of para-hydroxylation sites is 2. The molecule has 0 spiro atoms. The molecule has 33 heavy (non-hydrogen) atoms. The van der Waals surface area contributed by atoms with Gasteiger partial charge in [-0.3, -0.25) is 0 Å². The monoisotopic (exact) mass is 562 g/mol. The van der Waals surface area contributed by atoms with Crippen LogP contribution in [0.15, 0.2) is 107 Å². The van der Waals surface area contributed by atoms with Crippen molar-refractivity contribution in [1.82, 2.24) is 0 Å². The van der Waals surface area contributed by atoms with E-state index in [0.717, 1.165) is 13.1 Å². The van der Waals surface area contributed by atoms with E-state index >= 15 is 0 Å². The molecule has 2 heterocycles. The molecule has 0 radical (unpaired) electrons. The van der Waals surface area contributed by atoms with E-state index in [0.29, 0.717) is 0 Å². The number of allylic oxidation sites excluding steroid dienone is 2. The largest absolute Gasteiger partial charge is 1.00 e. The second-order valence-corrected chi connectivity index (χ2v) is 8.89. The molecule has 0 atom stereocenters. The second-order valence-electron chi connectivity index (χ2n) is 7.82. The van der Waals surface area contributed by atoms with Crippen molar-refractivity contribution in [1.29, 1.82) is 0 Å². The van der Waals surface area contributed by atoms with Crippen molar-refractivity contribution in [3.8, 4) is 0 Å². The van der Waals surface area contributed by atoms with Gasteiger partial charge in [0.05, 0.1) is 10.7 Å². The van der Waals surface area contributed by atoms with Crippen LogP contribution in [-0.4, -0.2) is 6.54 Å². The minimum atomic E-state index is 0. The maximum Gasteiger partial charge on any atom is 0.212 e. The second kappa shape index (κ2) is 10.6. The third-order valence-electron chi connectivity index (χ3n) is 5.93. The first-order valence-electron chi connectivity index (χ1n) is 11.2. The first kappa shape index (κ1) is 23.6. The van der Waals surface area contributed by atoms with Crippen molar-refractivity contribution in [2.75, 3.05) is 11.4 Å². The molecule has 0 N–H and O–H groups in total. The molecule has 1 aliphatic rings. The number of fused-ring (bicyclic) bond motifs is 2. The summed E-state index contributed by atoms with van der Waals surface area (Å²) in [6, 6.07) is 32.4. The van der Waals surface area contributed by atoms with Gasteiger partial charge in [0.1, 0.15) is 6.54 Å². The molecule has 3 aromatic carbocycles. The normalized spacial score (nSPS) is 14.4. The third kappa shape index (κ3) is 4.73. The van der Waals surface area contributed by atoms with Gasteiger partial charge in [0.15, 0.2) is 0 Å². The van der Waals surface area contributed by atoms with Gasteiger partial charge in [-0.2, -0.15) is 4.57 Å². The van der Waals surface area contributed by atoms with Crippen LogP contribution in [0.4, 0.5) is 5.69 Å². The van der Waals surface area contributed by atoms with E-state index in [9.17, 15) is 0 Å². The molecule has 4 heteroatoms. The predicted molar refractivity (Wildman–Crippen MR) is 138 cm³/mol. The molecule has 1 aliphatic heterocycles. The van der Waals surface area contributed by atoms with Crippen molar-refractivity contribution in [3.63, 3.8) is 0 Å². The summed E-state index contributed by atoms with van der Waals surface area (Å²) < 4.78 is 2.39. The quantitative estimate of drug-likeness (QED) is 0.267. The Morgan fingerprint density at radius 3 is 2.36 bits per heavy atom. The summed E-state index contributed by atoms with van der Waals surface area (Å²) in [6.45, 7) is 6.31. The van der Waals surface area contributed by atoms with Gasteiger partial charge in [-0.1, -0.05) is 66.4 Å². The lowest BCUT2D eigenvalue weighted by Gasteiger charge is -2.18. The molecule has 0 saturated carbocycles. The van der Waals surface area contributed by atoms with Crippen LogP contribution < -0.4 is 33.4 Å². The lowest BCUT2D eigenvalue weighted by atomic mass is 10.0. The Labute approximate surface area is 217 Å². The van der Waals surface area contributed by atoms with Crippen molar-refractivity contribution in [2.24, 2.45) is 0 Å². The number of hydrogen-bond acceptors (Lipinski definition) is 2. The number of pyridine rings is 1. The highest BCUT2D eigenvalue weighted by Crippen LogP contribution is 2.46. The van der Waals surface area contributed by atoms with Crippen molar-refractivity contribution < 1.29 is 28.5 Å². The number of anilines is 1. The molecule has 166 valence electrons. The standard InChI is InChI=1S/C29H27N2S.HI/c1-3-30-25(19-18-23-14-8-9-15-26(23)30)20-24(22-12-6-5-7-13-22)21-29-31(4-2)27-16-10-11-17-28(27)32-29;/h5-21H,3-4H2,1-2H3;1H/q+1;/p-1. The van der Waals surface area contributed by atoms with Crippen molar-refractivity contribution in [2.45, 2.75) is 25.3 Å². The Kier molecular flexibility index (Phi) is 7.56. The number of hydrogen-bond donors (Lipinski definition) is 0. The van der Waals surface area contributed by atoms with Crippen LogP contribution in [-0.2, 0) is 6.54 Å². The van der Waals surface area contributed by atoms with Crippen LogP contribution in [0.2, 0.25) is 0 Å². The van der Waals surface area contributed by atoms with E-state index in [4.69, 9.17) is 0 Å². The van der Waals surface area contributed by atoms with Gasteiger partial charge in [-0.15, -0.1) is 0 Å². The maximum atomic E-state index is 2.41. The smallest absolute Gasteiger partial charge is 0.212 e. The van der Waals surface area contributed by atoms with E-state index in [-0.39, 0.29) is 24.0 Å². The first-order valence-corrected chi connectivity index (χ1v) is 12.0. The Morgan fingerprint density at radius 2 is 1.58 bits per heavy atom. The zero-order valence-electron chi connectivity index (χ0n) is 18.9. The minimum absolute atomic E-state index is 0. The molecule has 0 saturated heterocycles. The Bertz CT molecular complexity index is 1330. The van der Waals surface area contributed by atoms with Gasteiger partial charge in [-0.25, -0.2) is 0 Å². The molecule has 0 aliphatic carbocycles. The lowest BCUT2D eigenvalue weighted by molar-refractivity contribution is -0.669. The fourth-order valence-electron chi connectivity index (χ4n) is 4.38. The van der Waals surface area contributed by atoms with Crippen LogP contribution in [0.1, 0.15) is 25.1 Å². The van der Waals surface area contributed by atoms with Gasteiger partial charge in [0.25, 0.3) is 0 Å². The van der Waals surface area contributed by atoms with Gasteiger partial charge in [-0.05, 0) is 55.3 Å². The number of halogens is 1. The number of benzene rings is 3. The fourth-order valence-corrected chi connectivity index (χ4v) is 5.55. The zero-order valence-corrected chi connectivity index (χ0v) is 21.9. The van der Waals surface area contributed by atoms with Gasteiger partial charge in [0.2, 0.25) is 11.2 Å². The van der Waals surface area contributed by atoms with E-state index in [1.807, 2.05) is 11.8 Å². The number of aryl methyl sites for hydroxylation is 1. The summed E-state index contributed by atoms with van der Waals surface area (Å²) in [4.78, 5) is 3.73. The highest BCUT2D eigenvalue weighted by molar-refractivity contribution is 8.03. The average Bonchev–Trinajstić information content (AvgIpc) is 3.21. The Balaban J connectivity index is 0.00000259. The predicted octanol–water partition coefficient (Wildman–Crippen LogP) is 4.17. The molecular weight excluding hydrogens is 535 g/mol. The maximum absolute atomic E-state index is 2.41. The molecule has 0 unspecified atom stereocenters. The summed E-state index contributed by atoms with van der Waals surface area (Å²) in [5.41, 5.74) is 6.22. The van der Waals surface area contributed by atoms with Gasteiger partial charge >= 0.3 is 0 Å². The topological polar surface area (TPSA) is 7.12 Å². The van der Waals surface area contributed by atoms with Crippen LogP contribution in [0.3, 0.4) is 0 Å². The molecule has 0 bridgehead atoms. The highest BCUT2D eigenvalue weighted by Gasteiger charge is 2.24. The van der Waals surface area contributed by atoms with E-state index in [2.05, 4.69) is 126 Å². The van der Waals surface area contributed by atoms with Crippen LogP contribution in [0.5, 0.6) is 0 Å². The van der Waals surface area contributed by atoms with Crippen LogP contribution in [0.25, 0.3) is 22.6 Å². The Hall–Kier alpha value is -2.57. The van der Waals surface area contributed by atoms with Gasteiger partial charge < -0.3 is 28.9 Å². The van der Waals surface area contributed by atoms with E-state index in [1.54, 1.807) is 0 Å². The highest BCUT2D eigenvalue weighted by atomic mass is 127. The average molecular weight is 563 g/mol. The SMILES string of the molecule is CCN1C(=CC(=Cc2ccc3ccccc3[n+]2CC)c2ccccc2)Sc2ccccc21.[I-]. The number of rotatable bonds is 5. The summed E-state index contributed by atoms with van der Waals surface area (Å²) in [5, 5.41) is 2.54. The van der Waals surface area contributed by atoms with E-state index < -0.39 is 0 Å². The summed E-state index contributed by atoms with van der Waals surface area (Å²) in [5.74, 6) is 0. The van der Waals surface area contributed by atoms with E-state index in [1.165, 1.54) is 43.3 Å². The lowest BCUT2D eigenvalue weighted by Crippen LogP contribution is -3.00. The van der Waals surface area contributed by atoms with Crippen LogP contribution >= 0.6 is 11.8 Å². The minimum Gasteiger partial charge on any atom is -1.00 e. The summed E-state index contributed by atoms with van der Waals surface area (Å²) in [6.07, 6.45) is 4.67. The molecule has 5 rings (SSSR count). The summed E-state index contributed by atoms with van der Waals surface area (Å²) in [7, 11) is 0. The Morgan fingerprint density at radius 1 is 0.848 bits per heavy atom. The molecule has 4 aromatic rings. The molecule has 2 nitrogen and oxygen atoms in total. The number of thioether (sulfide) groups is 1. The zero-order chi connectivity index (χ0) is 21.9. The molecule has 0 fully saturated rings. The van der Waals surface area contributed by atoms with Crippen LogP contribution in [0, 0.1) is 0 Å². The molecule has 1 aromatic heterocycles.